The molecule has 1 aliphatic rings. The van der Waals surface area contributed by atoms with Crippen molar-refractivity contribution < 1.29 is 0 Å². The first-order valence-corrected chi connectivity index (χ1v) is 8.80. The molecule has 2 rings (SSSR count). The van der Waals surface area contributed by atoms with E-state index in [1.807, 2.05) is 0 Å². The van der Waals surface area contributed by atoms with Gasteiger partial charge in [0.1, 0.15) is 0 Å². The Morgan fingerprint density at radius 3 is 2.76 bits per heavy atom. The maximum atomic E-state index is 6.46. The maximum Gasteiger partial charge on any atom is 0.0459 e. The number of rotatable bonds is 5. The van der Waals surface area contributed by atoms with Crippen molar-refractivity contribution in [3.8, 4) is 0 Å². The minimum absolute atomic E-state index is 0.205. The number of hydrogen-bond donors (Lipinski definition) is 1. The zero-order valence-corrected chi connectivity index (χ0v) is 14.2. The summed E-state index contributed by atoms with van der Waals surface area (Å²) in [5.41, 5.74) is 8.48. The molecule has 2 nitrogen and oxygen atoms in total. The van der Waals surface area contributed by atoms with Crippen molar-refractivity contribution in [3.05, 3.63) is 28.8 Å². The van der Waals surface area contributed by atoms with Gasteiger partial charge in [0.2, 0.25) is 0 Å². The molecule has 0 bridgehead atoms. The molecule has 0 aromatic heterocycles. The van der Waals surface area contributed by atoms with Gasteiger partial charge in [0.05, 0.1) is 0 Å². The van der Waals surface area contributed by atoms with Crippen molar-refractivity contribution in [1.82, 2.24) is 0 Å². The normalized spacial score (nSPS) is 21.1. The van der Waals surface area contributed by atoms with Crippen molar-refractivity contribution in [3.63, 3.8) is 0 Å². The Labute approximate surface area is 134 Å². The molecule has 118 valence electrons. The highest BCUT2D eigenvalue weighted by molar-refractivity contribution is 6.31. The summed E-state index contributed by atoms with van der Waals surface area (Å²) in [6.45, 7) is 6.74. The van der Waals surface area contributed by atoms with Crippen LogP contribution in [0.25, 0.3) is 0 Å². The lowest BCUT2D eigenvalue weighted by molar-refractivity contribution is 0.459. The summed E-state index contributed by atoms with van der Waals surface area (Å²) in [7, 11) is 0. The highest BCUT2D eigenvalue weighted by Crippen LogP contribution is 2.28. The van der Waals surface area contributed by atoms with Crippen LogP contribution in [0.15, 0.2) is 18.2 Å². The summed E-state index contributed by atoms with van der Waals surface area (Å²) in [5.74, 6) is 0.896. The third-order valence-corrected chi connectivity index (χ3v) is 5.19. The molecule has 1 aromatic rings. The third kappa shape index (κ3) is 4.62. The first-order chi connectivity index (χ1) is 10.1. The predicted octanol–water partition coefficient (Wildman–Crippen LogP) is 4.64. The minimum atomic E-state index is 0.205. The molecule has 2 unspecified atom stereocenters. The van der Waals surface area contributed by atoms with Crippen molar-refractivity contribution in [2.24, 2.45) is 11.7 Å². The quantitative estimate of drug-likeness (QED) is 0.859. The molecule has 2 N–H and O–H groups in total. The lowest BCUT2D eigenvalue weighted by atomic mass is 9.98. The standard InChI is InChI=1S/C18H29ClN2/c1-3-14-6-5-10-21(11-9-14)17-8-7-15(18(19)13-17)12-16(20)4-2/h7-8,13-14,16H,3-6,9-12,20H2,1-2H3. The van der Waals surface area contributed by atoms with Crippen molar-refractivity contribution in [1.29, 1.82) is 0 Å². The monoisotopic (exact) mass is 308 g/mol. The molecule has 1 saturated heterocycles. The number of halogens is 1. The van der Waals surface area contributed by atoms with Crippen LogP contribution < -0.4 is 10.6 Å². The van der Waals surface area contributed by atoms with Crippen molar-refractivity contribution in [2.75, 3.05) is 18.0 Å². The molecule has 21 heavy (non-hydrogen) atoms. The van der Waals surface area contributed by atoms with Gasteiger partial charge in [-0.25, -0.2) is 0 Å². The zero-order valence-electron chi connectivity index (χ0n) is 13.4. The Hall–Kier alpha value is -0.730. The highest BCUT2D eigenvalue weighted by atomic mass is 35.5. The van der Waals surface area contributed by atoms with Crippen LogP contribution >= 0.6 is 11.6 Å². The van der Waals surface area contributed by atoms with Gasteiger partial charge in [0.25, 0.3) is 0 Å². The lowest BCUT2D eigenvalue weighted by Gasteiger charge is -2.24. The van der Waals surface area contributed by atoms with Crippen molar-refractivity contribution >= 4 is 17.3 Å². The summed E-state index contributed by atoms with van der Waals surface area (Å²) in [6, 6.07) is 6.72. The molecule has 0 aliphatic carbocycles. The SMILES string of the molecule is CCC(N)Cc1ccc(N2CCCC(CC)CC2)cc1Cl. The summed E-state index contributed by atoms with van der Waals surface area (Å²) in [6.07, 6.45) is 7.12. The molecular formula is C18H29ClN2. The average molecular weight is 309 g/mol. The van der Waals surface area contributed by atoms with Crippen LogP contribution in [-0.2, 0) is 6.42 Å². The van der Waals surface area contributed by atoms with E-state index < -0.39 is 0 Å². The van der Waals surface area contributed by atoms with Crippen LogP contribution in [0.5, 0.6) is 0 Å². The molecule has 1 fully saturated rings. The molecule has 0 radical (unpaired) electrons. The van der Waals surface area contributed by atoms with Crippen LogP contribution in [0.3, 0.4) is 0 Å². The Morgan fingerprint density at radius 2 is 2.10 bits per heavy atom. The van der Waals surface area contributed by atoms with Crippen LogP contribution in [0, 0.1) is 5.92 Å². The van der Waals surface area contributed by atoms with E-state index in [1.165, 1.54) is 36.9 Å². The number of nitrogens with zero attached hydrogens (tertiary/aromatic N) is 1. The van der Waals surface area contributed by atoms with E-state index in [9.17, 15) is 0 Å². The molecule has 2 atom stereocenters. The second kappa shape index (κ2) is 8.05. The van der Waals surface area contributed by atoms with Gasteiger partial charge in [0, 0.05) is 29.8 Å². The van der Waals surface area contributed by atoms with E-state index in [1.54, 1.807) is 0 Å². The summed E-state index contributed by atoms with van der Waals surface area (Å²) in [5, 5.41) is 0.868. The van der Waals surface area contributed by atoms with Crippen molar-refractivity contribution in [2.45, 2.75) is 58.4 Å². The van der Waals surface area contributed by atoms with Crippen LogP contribution in [0.2, 0.25) is 5.02 Å². The van der Waals surface area contributed by atoms with Crippen LogP contribution in [0.1, 0.15) is 51.5 Å². The predicted molar refractivity (Wildman–Crippen MR) is 93.3 cm³/mol. The van der Waals surface area contributed by atoms with E-state index in [0.29, 0.717) is 0 Å². The first-order valence-electron chi connectivity index (χ1n) is 8.43. The molecule has 0 saturated carbocycles. The van der Waals surface area contributed by atoms with Gasteiger partial charge in [-0.05, 0) is 55.7 Å². The van der Waals surface area contributed by atoms with E-state index in [-0.39, 0.29) is 6.04 Å². The maximum absolute atomic E-state index is 6.46. The van der Waals surface area contributed by atoms with Gasteiger partial charge in [-0.15, -0.1) is 0 Å². The number of anilines is 1. The average Bonchev–Trinajstić information content (AvgIpc) is 2.74. The second-order valence-corrected chi connectivity index (χ2v) is 6.75. The van der Waals surface area contributed by atoms with E-state index in [0.717, 1.165) is 36.9 Å². The topological polar surface area (TPSA) is 29.3 Å². The van der Waals surface area contributed by atoms with Gasteiger partial charge in [0.15, 0.2) is 0 Å². The Morgan fingerprint density at radius 1 is 1.29 bits per heavy atom. The molecule has 1 aromatic carbocycles. The second-order valence-electron chi connectivity index (χ2n) is 6.34. The minimum Gasteiger partial charge on any atom is -0.371 e. The van der Waals surface area contributed by atoms with Gasteiger partial charge >= 0.3 is 0 Å². The smallest absolute Gasteiger partial charge is 0.0459 e. The summed E-state index contributed by atoms with van der Waals surface area (Å²) in [4.78, 5) is 2.49. The van der Waals surface area contributed by atoms with E-state index >= 15 is 0 Å². The number of nitrogens with two attached hydrogens (primary N) is 1. The van der Waals surface area contributed by atoms with Gasteiger partial charge in [-0.2, -0.15) is 0 Å². The van der Waals surface area contributed by atoms with Gasteiger partial charge in [-0.3, -0.25) is 0 Å². The summed E-state index contributed by atoms with van der Waals surface area (Å²) >= 11 is 6.46. The van der Waals surface area contributed by atoms with E-state index in [4.69, 9.17) is 17.3 Å². The Bertz CT molecular complexity index is 447. The fourth-order valence-corrected chi connectivity index (χ4v) is 3.41. The fraction of sp³-hybridized carbons (Fsp3) is 0.667. The Balaban J connectivity index is 2.05. The van der Waals surface area contributed by atoms with Crippen LogP contribution in [-0.4, -0.2) is 19.1 Å². The lowest BCUT2D eigenvalue weighted by Crippen LogP contribution is -2.24. The zero-order chi connectivity index (χ0) is 15.2. The van der Waals surface area contributed by atoms with Gasteiger partial charge < -0.3 is 10.6 Å². The molecule has 1 aliphatic heterocycles. The summed E-state index contributed by atoms with van der Waals surface area (Å²) < 4.78 is 0. The third-order valence-electron chi connectivity index (χ3n) is 4.83. The largest absolute Gasteiger partial charge is 0.371 e. The fourth-order valence-electron chi connectivity index (χ4n) is 3.16. The van der Waals surface area contributed by atoms with E-state index in [2.05, 4.69) is 36.9 Å². The molecule has 0 spiro atoms. The number of hydrogen-bond acceptors (Lipinski definition) is 2. The molecule has 0 amide bonds. The molecule has 1 heterocycles. The van der Waals surface area contributed by atoms with Gasteiger partial charge in [-0.1, -0.05) is 37.9 Å². The highest BCUT2D eigenvalue weighted by Gasteiger charge is 2.17. The Kier molecular flexibility index (Phi) is 6.38. The molecule has 3 heteroatoms. The first kappa shape index (κ1) is 16.6. The number of benzene rings is 1. The van der Waals surface area contributed by atoms with Crippen LogP contribution in [0.4, 0.5) is 5.69 Å². The molecular weight excluding hydrogens is 280 g/mol.